The van der Waals surface area contributed by atoms with Crippen molar-refractivity contribution in [1.82, 2.24) is 9.80 Å². The third-order valence-corrected chi connectivity index (χ3v) is 5.22. The van der Waals surface area contributed by atoms with Gasteiger partial charge in [0.15, 0.2) is 5.78 Å². The second-order valence-electron chi connectivity index (χ2n) is 9.18. The molecule has 0 radical (unpaired) electrons. The van der Waals surface area contributed by atoms with E-state index in [1.54, 1.807) is 24.3 Å². The van der Waals surface area contributed by atoms with Crippen molar-refractivity contribution in [2.45, 2.75) is 26.4 Å². The van der Waals surface area contributed by atoms with Crippen LogP contribution in [0.25, 0.3) is 10.8 Å². The van der Waals surface area contributed by atoms with Gasteiger partial charge in [-0.3, -0.25) is 4.79 Å². The number of hydrogen-bond donors (Lipinski definition) is 0. The summed E-state index contributed by atoms with van der Waals surface area (Å²) in [5.41, 5.74) is 1.08. The topological polar surface area (TPSA) is 62.3 Å². The Balaban J connectivity index is 1.90. The monoisotopic (exact) mass is 439 g/mol. The Morgan fingerprint density at radius 1 is 1.03 bits per heavy atom. The van der Waals surface area contributed by atoms with E-state index in [0.717, 1.165) is 22.2 Å². The number of methoxy groups -OCH3 is 1. The lowest BCUT2D eigenvalue weighted by Crippen LogP contribution is -2.50. The minimum atomic E-state index is -0.518. The SMILES string of the molecule is COc1ccc2cc(C(=O)C=CN(C)C)cc(N3CCN(C(=O)OC(C)(C)C)CC3)c2c1. The number of carbonyl (C=O) groups is 2. The van der Waals surface area contributed by atoms with E-state index in [0.29, 0.717) is 31.7 Å². The fourth-order valence-corrected chi connectivity index (χ4v) is 3.62. The zero-order valence-electron chi connectivity index (χ0n) is 19.8. The maximum Gasteiger partial charge on any atom is 0.410 e. The minimum Gasteiger partial charge on any atom is -0.497 e. The lowest BCUT2D eigenvalue weighted by Gasteiger charge is -2.37. The van der Waals surface area contributed by atoms with Gasteiger partial charge in [0.2, 0.25) is 0 Å². The van der Waals surface area contributed by atoms with E-state index < -0.39 is 5.60 Å². The van der Waals surface area contributed by atoms with Crippen molar-refractivity contribution in [2.75, 3.05) is 52.3 Å². The van der Waals surface area contributed by atoms with Crippen LogP contribution in [0.2, 0.25) is 0 Å². The number of hydrogen-bond acceptors (Lipinski definition) is 6. The van der Waals surface area contributed by atoms with Gasteiger partial charge in [0.1, 0.15) is 11.4 Å². The fourth-order valence-electron chi connectivity index (χ4n) is 3.62. The number of allylic oxidation sites excluding steroid dienone is 1. The highest BCUT2D eigenvalue weighted by Crippen LogP contribution is 2.33. The lowest BCUT2D eigenvalue weighted by atomic mass is 10.0. The highest BCUT2D eigenvalue weighted by atomic mass is 16.6. The van der Waals surface area contributed by atoms with Crippen LogP contribution in [0, 0.1) is 0 Å². The van der Waals surface area contributed by atoms with Crippen molar-refractivity contribution < 1.29 is 19.1 Å². The maximum absolute atomic E-state index is 12.8. The van der Waals surface area contributed by atoms with E-state index in [9.17, 15) is 9.59 Å². The van der Waals surface area contributed by atoms with Crippen LogP contribution >= 0.6 is 0 Å². The highest BCUT2D eigenvalue weighted by Gasteiger charge is 2.27. The molecular formula is C25H33N3O4. The summed E-state index contributed by atoms with van der Waals surface area (Å²) in [6.45, 7) is 8.02. The molecule has 0 N–H and O–H groups in total. The number of fused-ring (bicyclic) bond motifs is 1. The minimum absolute atomic E-state index is 0.0509. The molecule has 1 saturated heterocycles. The first kappa shape index (κ1) is 23.4. The molecule has 0 atom stereocenters. The second-order valence-corrected chi connectivity index (χ2v) is 9.18. The summed E-state index contributed by atoms with van der Waals surface area (Å²) in [6, 6.07) is 9.72. The van der Waals surface area contributed by atoms with Gasteiger partial charge in [-0.2, -0.15) is 0 Å². The summed E-state index contributed by atoms with van der Waals surface area (Å²) in [6.07, 6.45) is 3.04. The van der Waals surface area contributed by atoms with Gasteiger partial charge in [-0.15, -0.1) is 0 Å². The molecule has 7 heteroatoms. The van der Waals surface area contributed by atoms with Gasteiger partial charge < -0.3 is 24.2 Å². The molecule has 1 aliphatic heterocycles. The summed E-state index contributed by atoms with van der Waals surface area (Å²) in [5.74, 6) is 0.711. The van der Waals surface area contributed by atoms with Gasteiger partial charge in [0, 0.05) is 69.2 Å². The predicted molar refractivity (Wildman–Crippen MR) is 128 cm³/mol. The van der Waals surface area contributed by atoms with Gasteiger partial charge in [-0.05, 0) is 50.4 Å². The van der Waals surface area contributed by atoms with Gasteiger partial charge in [-0.1, -0.05) is 6.07 Å². The van der Waals surface area contributed by atoms with Crippen LogP contribution in [-0.4, -0.2) is 74.7 Å². The predicted octanol–water partition coefficient (Wildman–Crippen LogP) is 4.16. The van der Waals surface area contributed by atoms with Gasteiger partial charge in [-0.25, -0.2) is 4.79 Å². The van der Waals surface area contributed by atoms with Crippen molar-refractivity contribution in [1.29, 1.82) is 0 Å². The van der Waals surface area contributed by atoms with Crippen LogP contribution in [0.3, 0.4) is 0 Å². The Kier molecular flexibility index (Phi) is 6.96. The number of ether oxygens (including phenoxy) is 2. The molecule has 7 nitrogen and oxygen atoms in total. The number of ketones is 1. The third-order valence-electron chi connectivity index (χ3n) is 5.22. The molecular weight excluding hydrogens is 406 g/mol. The Bertz CT molecular complexity index is 1020. The van der Waals surface area contributed by atoms with E-state index in [1.165, 1.54) is 0 Å². The van der Waals surface area contributed by atoms with E-state index in [2.05, 4.69) is 4.90 Å². The molecule has 1 fully saturated rings. The Morgan fingerprint density at radius 2 is 1.72 bits per heavy atom. The summed E-state index contributed by atoms with van der Waals surface area (Å²) in [4.78, 5) is 31.0. The van der Waals surface area contributed by atoms with Crippen LogP contribution in [0.5, 0.6) is 5.75 Å². The van der Waals surface area contributed by atoms with Crippen LogP contribution in [0.4, 0.5) is 10.5 Å². The number of amides is 1. The number of anilines is 1. The Hall–Kier alpha value is -3.22. The van der Waals surface area contributed by atoms with Crippen molar-refractivity contribution in [3.63, 3.8) is 0 Å². The number of benzene rings is 2. The molecule has 0 spiro atoms. The summed E-state index contributed by atoms with van der Waals surface area (Å²) < 4.78 is 10.9. The highest BCUT2D eigenvalue weighted by molar-refractivity contribution is 6.09. The Labute approximate surface area is 190 Å². The van der Waals surface area contributed by atoms with Crippen molar-refractivity contribution in [2.24, 2.45) is 0 Å². The number of rotatable bonds is 5. The zero-order valence-corrected chi connectivity index (χ0v) is 19.8. The molecule has 3 rings (SSSR count). The van der Waals surface area contributed by atoms with E-state index >= 15 is 0 Å². The number of piperazine rings is 1. The van der Waals surface area contributed by atoms with E-state index in [4.69, 9.17) is 9.47 Å². The normalized spacial score (nSPS) is 14.7. The first-order valence-electron chi connectivity index (χ1n) is 10.8. The first-order valence-corrected chi connectivity index (χ1v) is 10.8. The second kappa shape index (κ2) is 9.51. The average Bonchev–Trinajstić information content (AvgIpc) is 2.75. The lowest BCUT2D eigenvalue weighted by molar-refractivity contribution is 0.0240. The zero-order chi connectivity index (χ0) is 23.5. The molecule has 0 aromatic heterocycles. The summed E-state index contributed by atoms with van der Waals surface area (Å²) in [5, 5.41) is 1.99. The molecule has 0 saturated carbocycles. The fraction of sp³-hybridized carbons (Fsp3) is 0.440. The van der Waals surface area contributed by atoms with Crippen LogP contribution < -0.4 is 9.64 Å². The summed E-state index contributed by atoms with van der Waals surface area (Å²) in [7, 11) is 5.41. The van der Waals surface area contributed by atoms with Crippen LogP contribution in [0.15, 0.2) is 42.6 Å². The molecule has 0 aliphatic carbocycles. The van der Waals surface area contributed by atoms with Crippen LogP contribution in [-0.2, 0) is 4.74 Å². The van der Waals surface area contributed by atoms with Crippen molar-refractivity contribution >= 4 is 28.3 Å². The van der Waals surface area contributed by atoms with Gasteiger partial charge in [0.05, 0.1) is 7.11 Å². The molecule has 32 heavy (non-hydrogen) atoms. The quantitative estimate of drug-likeness (QED) is 0.515. The van der Waals surface area contributed by atoms with E-state index in [1.807, 2.05) is 70.1 Å². The van der Waals surface area contributed by atoms with Gasteiger partial charge >= 0.3 is 6.09 Å². The molecule has 172 valence electrons. The smallest absolute Gasteiger partial charge is 0.410 e. The molecule has 0 unspecified atom stereocenters. The largest absolute Gasteiger partial charge is 0.497 e. The average molecular weight is 440 g/mol. The van der Waals surface area contributed by atoms with Crippen LogP contribution in [0.1, 0.15) is 31.1 Å². The summed E-state index contributed by atoms with van der Waals surface area (Å²) >= 11 is 0. The van der Waals surface area contributed by atoms with E-state index in [-0.39, 0.29) is 11.9 Å². The van der Waals surface area contributed by atoms with Crippen molar-refractivity contribution in [3.8, 4) is 5.75 Å². The third kappa shape index (κ3) is 5.72. The standard InChI is InChI=1S/C25H33N3O4/c1-25(2,3)32-24(30)28-13-11-27(12-14-28)22-16-19(23(29)9-10-26(4)5)15-18-7-8-20(31-6)17-21(18)22/h7-10,15-17H,11-14H2,1-6H3. The maximum atomic E-state index is 12.8. The van der Waals surface area contributed by atoms with Gasteiger partial charge in [0.25, 0.3) is 0 Å². The first-order chi connectivity index (χ1) is 15.1. The molecule has 2 aromatic carbocycles. The molecule has 1 heterocycles. The number of nitrogens with zero attached hydrogens (tertiary/aromatic N) is 3. The molecule has 0 bridgehead atoms. The molecule has 1 aliphatic rings. The molecule has 1 amide bonds. The number of carbonyl (C=O) groups excluding carboxylic acids is 2. The van der Waals surface area contributed by atoms with Crippen molar-refractivity contribution in [3.05, 3.63) is 48.2 Å². The Morgan fingerprint density at radius 3 is 2.31 bits per heavy atom. The molecule has 2 aromatic rings.